The van der Waals surface area contributed by atoms with Gasteiger partial charge in [0.05, 0.1) is 22.9 Å². The third-order valence-corrected chi connectivity index (χ3v) is 6.63. The van der Waals surface area contributed by atoms with Crippen molar-refractivity contribution in [3.05, 3.63) is 48.5 Å². The van der Waals surface area contributed by atoms with Gasteiger partial charge in [0.1, 0.15) is 11.5 Å². The fourth-order valence-electron chi connectivity index (χ4n) is 2.49. The molecule has 2 rings (SSSR count). The summed E-state index contributed by atoms with van der Waals surface area (Å²) in [7, 11) is -7.17. The minimum absolute atomic E-state index is 0.121. The van der Waals surface area contributed by atoms with Crippen molar-refractivity contribution in [2.45, 2.75) is 25.7 Å². The third-order valence-electron chi connectivity index (χ3n) is 3.92. The quantitative estimate of drug-likeness (QED) is 0.321. The number of phenolic OH excluding ortho intramolecular Hbond substituents is 2. The number of aromatic hydroxyl groups is 2. The SMILES string of the molecule is O=S(=O)(CCCCCCS(=O)(=O)Nc1ccccc1O)Nc1ccccc1O. The summed E-state index contributed by atoms with van der Waals surface area (Å²) in [5, 5.41) is 19.2. The second-order valence-corrected chi connectivity index (χ2v) is 9.97. The zero-order chi connectivity index (χ0) is 20.6. The summed E-state index contributed by atoms with van der Waals surface area (Å²) in [5.74, 6) is -0.532. The smallest absolute Gasteiger partial charge is 0.232 e. The Labute approximate surface area is 165 Å². The minimum Gasteiger partial charge on any atom is -0.506 e. The lowest BCUT2D eigenvalue weighted by atomic mass is 10.2. The molecule has 0 heterocycles. The molecule has 0 bridgehead atoms. The molecular formula is C18H24N2O6S2. The molecule has 8 nitrogen and oxygen atoms in total. The van der Waals surface area contributed by atoms with Gasteiger partial charge in [-0.15, -0.1) is 0 Å². The number of para-hydroxylation sites is 4. The standard InChI is InChI=1S/C18H24N2O6S2/c21-17-11-5-3-9-15(17)19-27(23,24)13-7-1-2-8-14-28(25,26)20-16-10-4-6-12-18(16)22/h3-6,9-12,19-22H,1-2,7-8,13-14H2. The van der Waals surface area contributed by atoms with Gasteiger partial charge in [-0.05, 0) is 37.1 Å². The van der Waals surface area contributed by atoms with E-state index in [2.05, 4.69) is 9.44 Å². The fourth-order valence-corrected chi connectivity index (χ4v) is 4.88. The van der Waals surface area contributed by atoms with Gasteiger partial charge in [-0.1, -0.05) is 37.1 Å². The van der Waals surface area contributed by atoms with E-state index in [1.165, 1.54) is 24.3 Å². The average molecular weight is 429 g/mol. The molecule has 0 spiro atoms. The van der Waals surface area contributed by atoms with Crippen LogP contribution in [-0.4, -0.2) is 38.6 Å². The summed E-state index contributed by atoms with van der Waals surface area (Å²) in [5.41, 5.74) is 0.257. The van der Waals surface area contributed by atoms with Gasteiger partial charge in [-0.3, -0.25) is 9.44 Å². The summed E-state index contributed by atoms with van der Waals surface area (Å²) in [6.07, 6.45) is 1.84. The molecule has 0 saturated heterocycles. The summed E-state index contributed by atoms with van der Waals surface area (Å²) in [6, 6.07) is 12.1. The Kier molecular flexibility index (Phi) is 7.53. The number of sulfonamides is 2. The van der Waals surface area contributed by atoms with E-state index in [1.54, 1.807) is 24.3 Å². The molecule has 0 amide bonds. The van der Waals surface area contributed by atoms with Crippen molar-refractivity contribution < 1.29 is 27.0 Å². The molecule has 0 aliphatic rings. The molecule has 0 aromatic heterocycles. The number of hydrogen-bond donors (Lipinski definition) is 4. The molecule has 0 saturated carbocycles. The topological polar surface area (TPSA) is 133 Å². The van der Waals surface area contributed by atoms with Crippen LogP contribution in [0.15, 0.2) is 48.5 Å². The number of phenols is 2. The zero-order valence-electron chi connectivity index (χ0n) is 15.2. The number of rotatable bonds is 11. The van der Waals surface area contributed by atoms with E-state index < -0.39 is 20.0 Å². The van der Waals surface area contributed by atoms with Crippen molar-refractivity contribution in [2.75, 3.05) is 20.9 Å². The summed E-state index contributed by atoms with van der Waals surface area (Å²) < 4.78 is 52.8. The minimum atomic E-state index is -3.59. The monoisotopic (exact) mass is 428 g/mol. The van der Waals surface area contributed by atoms with Crippen LogP contribution < -0.4 is 9.44 Å². The Morgan fingerprint density at radius 3 is 1.32 bits per heavy atom. The van der Waals surface area contributed by atoms with Crippen molar-refractivity contribution in [1.82, 2.24) is 0 Å². The van der Waals surface area contributed by atoms with E-state index in [-0.39, 0.29) is 34.4 Å². The third kappa shape index (κ3) is 7.28. The Balaban J connectivity index is 1.70. The first-order valence-corrected chi connectivity index (χ1v) is 12.1. The van der Waals surface area contributed by atoms with Gasteiger partial charge in [-0.2, -0.15) is 0 Å². The van der Waals surface area contributed by atoms with Crippen LogP contribution in [0.5, 0.6) is 11.5 Å². The molecule has 0 aliphatic heterocycles. The molecule has 2 aromatic carbocycles. The molecule has 28 heavy (non-hydrogen) atoms. The molecule has 0 unspecified atom stereocenters. The van der Waals surface area contributed by atoms with E-state index in [9.17, 15) is 27.0 Å². The highest BCUT2D eigenvalue weighted by molar-refractivity contribution is 7.92. The molecule has 2 aromatic rings. The average Bonchev–Trinajstić information content (AvgIpc) is 2.61. The lowest BCUT2D eigenvalue weighted by Crippen LogP contribution is -2.17. The lowest BCUT2D eigenvalue weighted by molar-refractivity contribution is 0.477. The molecule has 0 radical (unpaired) electrons. The van der Waals surface area contributed by atoms with Gasteiger partial charge >= 0.3 is 0 Å². The highest BCUT2D eigenvalue weighted by Crippen LogP contribution is 2.24. The van der Waals surface area contributed by atoms with Crippen molar-refractivity contribution in [3.8, 4) is 11.5 Å². The zero-order valence-corrected chi connectivity index (χ0v) is 16.8. The maximum atomic E-state index is 12.0. The first-order valence-electron chi connectivity index (χ1n) is 8.75. The maximum Gasteiger partial charge on any atom is 0.232 e. The molecule has 154 valence electrons. The van der Waals surface area contributed by atoms with Crippen molar-refractivity contribution in [2.24, 2.45) is 0 Å². The summed E-state index contributed by atoms with van der Waals surface area (Å²) in [4.78, 5) is 0. The Hall–Kier alpha value is -2.46. The first kappa shape index (κ1) is 21.8. The van der Waals surface area contributed by atoms with Crippen LogP contribution in [0, 0.1) is 0 Å². The van der Waals surface area contributed by atoms with Crippen LogP contribution in [-0.2, 0) is 20.0 Å². The van der Waals surface area contributed by atoms with E-state index in [0.717, 1.165) is 0 Å². The lowest BCUT2D eigenvalue weighted by Gasteiger charge is -2.10. The van der Waals surface area contributed by atoms with Crippen LogP contribution in [0.1, 0.15) is 25.7 Å². The van der Waals surface area contributed by atoms with Crippen molar-refractivity contribution in [3.63, 3.8) is 0 Å². The van der Waals surface area contributed by atoms with Crippen LogP contribution >= 0.6 is 0 Å². The van der Waals surface area contributed by atoms with Crippen molar-refractivity contribution >= 4 is 31.4 Å². The second-order valence-electron chi connectivity index (χ2n) is 6.29. The van der Waals surface area contributed by atoms with Gasteiger partial charge in [0.25, 0.3) is 0 Å². The Morgan fingerprint density at radius 2 is 0.964 bits per heavy atom. The largest absolute Gasteiger partial charge is 0.506 e. The molecule has 0 atom stereocenters. The van der Waals surface area contributed by atoms with E-state index >= 15 is 0 Å². The van der Waals surface area contributed by atoms with Crippen LogP contribution in [0.4, 0.5) is 11.4 Å². The number of benzene rings is 2. The molecule has 4 N–H and O–H groups in total. The van der Waals surface area contributed by atoms with Gasteiger partial charge < -0.3 is 10.2 Å². The van der Waals surface area contributed by atoms with Gasteiger partial charge in [0.15, 0.2) is 0 Å². The van der Waals surface area contributed by atoms with Crippen molar-refractivity contribution in [1.29, 1.82) is 0 Å². The molecular weight excluding hydrogens is 404 g/mol. The first-order chi connectivity index (χ1) is 13.2. The molecule has 0 aliphatic carbocycles. The van der Waals surface area contributed by atoms with Gasteiger partial charge in [0.2, 0.25) is 20.0 Å². The summed E-state index contributed by atoms with van der Waals surface area (Å²) >= 11 is 0. The predicted molar refractivity (Wildman–Crippen MR) is 110 cm³/mol. The van der Waals surface area contributed by atoms with Crippen LogP contribution in [0.25, 0.3) is 0 Å². The van der Waals surface area contributed by atoms with E-state index in [4.69, 9.17) is 0 Å². The second kappa shape index (κ2) is 9.65. The van der Waals surface area contributed by atoms with Gasteiger partial charge in [-0.25, -0.2) is 16.8 Å². The van der Waals surface area contributed by atoms with E-state index in [1.807, 2.05) is 0 Å². The maximum absolute atomic E-state index is 12.0. The number of hydrogen-bond acceptors (Lipinski definition) is 6. The highest BCUT2D eigenvalue weighted by atomic mass is 32.2. The van der Waals surface area contributed by atoms with Crippen LogP contribution in [0.2, 0.25) is 0 Å². The highest BCUT2D eigenvalue weighted by Gasteiger charge is 2.14. The number of nitrogens with one attached hydrogen (secondary N) is 2. The number of unbranched alkanes of at least 4 members (excludes halogenated alkanes) is 3. The molecule has 10 heteroatoms. The Bertz CT molecular complexity index is 909. The number of anilines is 2. The molecule has 0 fully saturated rings. The summed E-state index contributed by atoms with van der Waals surface area (Å²) in [6.45, 7) is 0. The van der Waals surface area contributed by atoms with Gasteiger partial charge in [0, 0.05) is 0 Å². The normalized spacial score (nSPS) is 11.9. The fraction of sp³-hybridized carbons (Fsp3) is 0.333. The van der Waals surface area contributed by atoms with E-state index in [0.29, 0.717) is 25.7 Å². The predicted octanol–water partition coefficient (Wildman–Crippen LogP) is 2.84. The van der Waals surface area contributed by atoms with Crippen LogP contribution in [0.3, 0.4) is 0 Å². The Morgan fingerprint density at radius 1 is 0.607 bits per heavy atom.